The molecule has 4 aromatic rings. The minimum absolute atomic E-state index is 0.0726. The van der Waals surface area contributed by atoms with E-state index in [1.165, 1.54) is 23.4 Å². The Morgan fingerprint density at radius 2 is 1.96 bits per heavy atom. The summed E-state index contributed by atoms with van der Waals surface area (Å²) in [5.74, 6) is -3.79. The number of benzene rings is 1. The third-order valence-electron chi connectivity index (χ3n) is 8.42. The molecule has 0 saturated carbocycles. The number of hydrogen-bond acceptors (Lipinski definition) is 7. The number of piperidine rings is 1. The first-order chi connectivity index (χ1) is 21.3. The van der Waals surface area contributed by atoms with Gasteiger partial charge in [-0.3, -0.25) is 9.20 Å². The van der Waals surface area contributed by atoms with Gasteiger partial charge >= 0.3 is 12.1 Å². The van der Waals surface area contributed by atoms with E-state index in [0.717, 1.165) is 35.7 Å². The highest BCUT2D eigenvalue weighted by atomic mass is 35.5. The van der Waals surface area contributed by atoms with Gasteiger partial charge in [0.15, 0.2) is 5.65 Å². The SMILES string of the molecule is Cc1c([C@@H](CC(=O)O)c2ccc(Cl)c(CN3C[C@@H]4CCCCN4c4ncc(F)cc4S3(=O)=O)c2)ccn2c(C(F)(F)F)nnc12. The molecule has 0 bridgehead atoms. The van der Waals surface area contributed by atoms with Crippen molar-refractivity contribution in [1.82, 2.24) is 23.9 Å². The summed E-state index contributed by atoms with van der Waals surface area (Å²) < 4.78 is 84.6. The number of halogens is 5. The van der Waals surface area contributed by atoms with Crippen LogP contribution in [0.2, 0.25) is 5.02 Å². The number of carbonyl (C=O) groups is 1. The number of carboxylic acids is 1. The van der Waals surface area contributed by atoms with Crippen molar-refractivity contribution in [3.8, 4) is 0 Å². The predicted octanol–water partition coefficient (Wildman–Crippen LogP) is 5.41. The lowest BCUT2D eigenvalue weighted by atomic mass is 9.86. The molecule has 2 aliphatic rings. The number of sulfonamides is 1. The number of pyridine rings is 2. The Morgan fingerprint density at radius 1 is 1.18 bits per heavy atom. The van der Waals surface area contributed by atoms with Gasteiger partial charge in [-0.15, -0.1) is 10.2 Å². The first kappa shape index (κ1) is 31.2. The molecule has 1 N–H and O–H groups in total. The molecule has 45 heavy (non-hydrogen) atoms. The van der Waals surface area contributed by atoms with Gasteiger partial charge < -0.3 is 10.0 Å². The third-order valence-corrected chi connectivity index (χ3v) is 10.6. The molecule has 0 unspecified atom stereocenters. The van der Waals surface area contributed by atoms with E-state index >= 15 is 0 Å². The van der Waals surface area contributed by atoms with Crippen LogP contribution in [0.4, 0.5) is 23.4 Å². The smallest absolute Gasteiger partial charge is 0.452 e. The van der Waals surface area contributed by atoms with Crippen molar-refractivity contribution in [2.45, 2.75) is 62.2 Å². The third kappa shape index (κ3) is 5.72. The van der Waals surface area contributed by atoms with E-state index < -0.39 is 46.1 Å². The van der Waals surface area contributed by atoms with E-state index in [2.05, 4.69) is 15.2 Å². The Bertz CT molecular complexity index is 1920. The first-order valence-corrected chi connectivity index (χ1v) is 15.9. The molecule has 6 rings (SSSR count). The number of fused-ring (bicyclic) bond motifs is 4. The molecule has 2 aliphatic heterocycles. The van der Waals surface area contributed by atoms with Crippen molar-refractivity contribution >= 4 is 39.1 Å². The van der Waals surface area contributed by atoms with Crippen molar-refractivity contribution in [3.05, 3.63) is 81.6 Å². The predicted molar refractivity (Wildman–Crippen MR) is 155 cm³/mol. The van der Waals surface area contributed by atoms with Gasteiger partial charge in [-0.1, -0.05) is 23.7 Å². The summed E-state index contributed by atoms with van der Waals surface area (Å²) >= 11 is 6.57. The van der Waals surface area contributed by atoms with Gasteiger partial charge in [0.2, 0.25) is 15.8 Å². The van der Waals surface area contributed by atoms with Crippen LogP contribution in [0, 0.1) is 12.7 Å². The van der Waals surface area contributed by atoms with Crippen molar-refractivity contribution in [3.63, 3.8) is 0 Å². The standard InChI is InChI=1S/C29H27ClF4N6O4S/c1-16-21(7-9-40-26(16)36-37-28(40)29(32,33)34)22(12-25(41)42)17-5-6-23(30)18(10-17)14-38-15-20-4-2-3-8-39(20)27-24(45(38,43)44)11-19(31)13-35-27/h5-7,9-11,13,20,22H,2-4,8,12,14-15H2,1H3,(H,41,42)/t20-,22-/m0/s1. The fourth-order valence-electron chi connectivity index (χ4n) is 6.28. The van der Waals surface area contributed by atoms with Crippen LogP contribution in [0.15, 0.2) is 47.6 Å². The molecule has 3 aromatic heterocycles. The van der Waals surface area contributed by atoms with Crippen LogP contribution in [-0.2, 0) is 27.5 Å². The number of alkyl halides is 3. The number of anilines is 1. The highest BCUT2D eigenvalue weighted by Gasteiger charge is 2.40. The Labute approximate surface area is 260 Å². The van der Waals surface area contributed by atoms with Gasteiger partial charge in [0.25, 0.3) is 0 Å². The average Bonchev–Trinajstić information content (AvgIpc) is 3.40. The van der Waals surface area contributed by atoms with Gasteiger partial charge in [0, 0.05) is 42.8 Å². The van der Waals surface area contributed by atoms with Gasteiger partial charge in [0.1, 0.15) is 16.5 Å². The lowest BCUT2D eigenvalue weighted by Crippen LogP contribution is -2.45. The largest absolute Gasteiger partial charge is 0.481 e. The van der Waals surface area contributed by atoms with Crippen LogP contribution < -0.4 is 4.90 Å². The highest BCUT2D eigenvalue weighted by molar-refractivity contribution is 7.89. The quantitative estimate of drug-likeness (QED) is 0.271. The molecule has 238 valence electrons. The van der Waals surface area contributed by atoms with Crippen molar-refractivity contribution in [2.24, 2.45) is 0 Å². The monoisotopic (exact) mass is 666 g/mol. The topological polar surface area (TPSA) is 121 Å². The molecule has 0 amide bonds. The number of nitrogens with zero attached hydrogens (tertiary/aromatic N) is 6. The normalized spacial score (nSPS) is 19.2. The van der Waals surface area contributed by atoms with Crippen LogP contribution in [0.5, 0.6) is 0 Å². The van der Waals surface area contributed by atoms with Crippen LogP contribution in [-0.4, -0.2) is 62.5 Å². The lowest BCUT2D eigenvalue weighted by Gasteiger charge is -2.36. The highest BCUT2D eigenvalue weighted by Crippen LogP contribution is 2.39. The Kier molecular flexibility index (Phi) is 7.98. The fourth-order valence-corrected chi connectivity index (χ4v) is 8.08. The molecule has 0 aliphatic carbocycles. The molecular weight excluding hydrogens is 640 g/mol. The Balaban J connectivity index is 1.41. The minimum atomic E-state index is -4.75. The first-order valence-electron chi connectivity index (χ1n) is 14.1. The zero-order valence-corrected chi connectivity index (χ0v) is 25.4. The molecule has 1 aromatic carbocycles. The van der Waals surface area contributed by atoms with E-state index in [0.29, 0.717) is 35.2 Å². The molecule has 5 heterocycles. The summed E-state index contributed by atoms with van der Waals surface area (Å²) in [6, 6.07) is 6.90. The minimum Gasteiger partial charge on any atom is -0.481 e. The number of aliphatic carboxylic acids is 1. The molecule has 0 spiro atoms. The van der Waals surface area contributed by atoms with Crippen LogP contribution in [0.1, 0.15) is 59.7 Å². The molecule has 2 atom stereocenters. The van der Waals surface area contributed by atoms with E-state index in [9.17, 15) is 35.9 Å². The summed E-state index contributed by atoms with van der Waals surface area (Å²) in [7, 11) is -4.23. The summed E-state index contributed by atoms with van der Waals surface area (Å²) in [5, 5.41) is 17.0. The maximum absolute atomic E-state index is 14.3. The Morgan fingerprint density at radius 3 is 2.69 bits per heavy atom. The Hall–Kier alpha value is -3.82. The second kappa shape index (κ2) is 11.5. The van der Waals surface area contributed by atoms with Crippen LogP contribution in [0.3, 0.4) is 0 Å². The summed E-state index contributed by atoms with van der Waals surface area (Å²) in [6.07, 6.45) is -0.582. The summed E-state index contributed by atoms with van der Waals surface area (Å²) in [4.78, 5) is 17.8. The van der Waals surface area contributed by atoms with Crippen molar-refractivity contribution in [2.75, 3.05) is 18.0 Å². The maximum Gasteiger partial charge on any atom is 0.452 e. The number of aryl methyl sites for hydroxylation is 1. The second-order valence-electron chi connectivity index (χ2n) is 11.2. The molecule has 1 fully saturated rings. The van der Waals surface area contributed by atoms with Crippen LogP contribution >= 0.6 is 11.6 Å². The number of aromatic nitrogens is 4. The number of rotatable bonds is 6. The summed E-state index contributed by atoms with van der Waals surface area (Å²) in [6.45, 7) is 2.03. The van der Waals surface area contributed by atoms with Gasteiger partial charge in [-0.2, -0.15) is 17.5 Å². The zero-order valence-electron chi connectivity index (χ0n) is 23.8. The zero-order chi connectivity index (χ0) is 32.3. The molecule has 1 saturated heterocycles. The van der Waals surface area contributed by atoms with Crippen molar-refractivity contribution < 1.29 is 35.9 Å². The van der Waals surface area contributed by atoms with E-state index in [-0.39, 0.29) is 40.5 Å². The molecule has 10 nitrogen and oxygen atoms in total. The molecule has 16 heteroatoms. The molecule has 0 radical (unpaired) electrons. The molecular formula is C29H27ClF4N6O4S. The second-order valence-corrected chi connectivity index (χ2v) is 13.5. The maximum atomic E-state index is 14.3. The van der Waals surface area contributed by atoms with E-state index in [1.807, 2.05) is 4.90 Å². The average molecular weight is 667 g/mol. The summed E-state index contributed by atoms with van der Waals surface area (Å²) in [5.41, 5.74) is 1.48. The van der Waals surface area contributed by atoms with Crippen LogP contribution in [0.25, 0.3) is 5.65 Å². The van der Waals surface area contributed by atoms with Gasteiger partial charge in [-0.05, 0) is 66.6 Å². The number of carboxylic acid groups (broad SMARTS) is 1. The van der Waals surface area contributed by atoms with E-state index in [1.54, 1.807) is 12.1 Å². The van der Waals surface area contributed by atoms with Gasteiger partial charge in [-0.25, -0.2) is 17.8 Å². The van der Waals surface area contributed by atoms with Crippen molar-refractivity contribution in [1.29, 1.82) is 0 Å². The van der Waals surface area contributed by atoms with Gasteiger partial charge in [0.05, 0.1) is 12.6 Å². The van der Waals surface area contributed by atoms with E-state index in [4.69, 9.17) is 11.6 Å². The number of hydrogen-bond donors (Lipinski definition) is 1. The fraction of sp³-hybridized carbons (Fsp3) is 0.379. The lowest BCUT2D eigenvalue weighted by molar-refractivity contribution is -0.145.